The van der Waals surface area contributed by atoms with E-state index in [0.717, 1.165) is 11.1 Å². The molecule has 1 atom stereocenters. The van der Waals surface area contributed by atoms with Gasteiger partial charge in [-0.15, -0.1) is 0 Å². The molecule has 2 N–H and O–H groups in total. The van der Waals surface area contributed by atoms with Gasteiger partial charge in [0.05, 0.1) is 13.2 Å². The van der Waals surface area contributed by atoms with Crippen LogP contribution in [-0.2, 0) is 16.6 Å². The lowest BCUT2D eigenvalue weighted by Crippen LogP contribution is -2.28. The quantitative estimate of drug-likeness (QED) is 0.526. The third-order valence-electron chi connectivity index (χ3n) is 4.74. The Kier molecular flexibility index (Phi) is 7.33. The van der Waals surface area contributed by atoms with Crippen molar-refractivity contribution >= 4 is 27.5 Å². The lowest BCUT2D eigenvalue weighted by Gasteiger charge is -2.16. The van der Waals surface area contributed by atoms with E-state index in [-0.39, 0.29) is 28.8 Å². The lowest BCUT2D eigenvalue weighted by molar-refractivity contribution is 0.0939. The summed E-state index contributed by atoms with van der Waals surface area (Å²) in [5.74, 6) is -0.243. The molecule has 0 aliphatic rings. The maximum absolute atomic E-state index is 12.9. The van der Waals surface area contributed by atoms with E-state index in [4.69, 9.17) is 16.3 Å². The molecule has 3 aromatic rings. The fraction of sp³-hybridized carbons (Fsp3) is 0.174. The van der Waals surface area contributed by atoms with E-state index in [1.54, 1.807) is 12.1 Å². The first-order chi connectivity index (χ1) is 14.8. The summed E-state index contributed by atoms with van der Waals surface area (Å²) in [6.07, 6.45) is 0. The molecule has 0 saturated heterocycles. The number of hydrogen-bond acceptors (Lipinski definition) is 4. The van der Waals surface area contributed by atoms with Gasteiger partial charge >= 0.3 is 0 Å². The summed E-state index contributed by atoms with van der Waals surface area (Å²) in [5, 5.41) is 3.47. The number of carbonyl (C=O) groups is 1. The smallest absolute Gasteiger partial charge is 0.251 e. The van der Waals surface area contributed by atoms with Crippen molar-refractivity contribution in [3.05, 3.63) is 94.5 Å². The zero-order valence-electron chi connectivity index (χ0n) is 17.1. The van der Waals surface area contributed by atoms with Crippen LogP contribution in [0.5, 0.6) is 5.75 Å². The van der Waals surface area contributed by atoms with Gasteiger partial charge in [0.1, 0.15) is 10.6 Å². The van der Waals surface area contributed by atoms with Gasteiger partial charge in [0, 0.05) is 17.1 Å². The van der Waals surface area contributed by atoms with Crippen LogP contribution in [0.3, 0.4) is 0 Å². The van der Waals surface area contributed by atoms with Crippen molar-refractivity contribution in [1.82, 2.24) is 10.0 Å². The van der Waals surface area contributed by atoms with E-state index >= 15 is 0 Å². The molecule has 0 aliphatic carbocycles. The molecule has 1 amide bonds. The summed E-state index contributed by atoms with van der Waals surface area (Å²) in [7, 11) is -2.53. The molecule has 162 valence electrons. The largest absolute Gasteiger partial charge is 0.495 e. The van der Waals surface area contributed by atoms with Crippen molar-refractivity contribution in [2.75, 3.05) is 7.11 Å². The topological polar surface area (TPSA) is 84.5 Å². The SMILES string of the molecule is COc1ccc(C(=O)N[C@@H](C)c2ccc(Cl)cc2)cc1S(=O)(=O)NCc1ccccc1. The van der Waals surface area contributed by atoms with Crippen LogP contribution in [-0.4, -0.2) is 21.4 Å². The van der Waals surface area contributed by atoms with Gasteiger partial charge in [-0.2, -0.15) is 0 Å². The molecule has 0 radical (unpaired) electrons. The molecule has 3 aromatic carbocycles. The van der Waals surface area contributed by atoms with E-state index < -0.39 is 15.9 Å². The van der Waals surface area contributed by atoms with Gasteiger partial charge in [-0.25, -0.2) is 13.1 Å². The van der Waals surface area contributed by atoms with Crippen LogP contribution in [0.2, 0.25) is 5.02 Å². The number of amides is 1. The Labute approximate surface area is 187 Å². The van der Waals surface area contributed by atoms with Crippen LogP contribution in [0.15, 0.2) is 77.7 Å². The Morgan fingerprint density at radius 3 is 2.35 bits per heavy atom. The summed E-state index contributed by atoms with van der Waals surface area (Å²) in [6, 6.07) is 20.3. The molecule has 0 unspecified atom stereocenters. The van der Waals surface area contributed by atoms with Crippen LogP contribution < -0.4 is 14.8 Å². The van der Waals surface area contributed by atoms with Crippen molar-refractivity contribution in [3.63, 3.8) is 0 Å². The molecule has 0 fully saturated rings. The zero-order valence-corrected chi connectivity index (χ0v) is 18.7. The summed E-state index contributed by atoms with van der Waals surface area (Å²) in [5.41, 5.74) is 1.90. The average Bonchev–Trinajstić information content (AvgIpc) is 2.78. The monoisotopic (exact) mass is 458 g/mol. The van der Waals surface area contributed by atoms with Crippen molar-refractivity contribution in [2.24, 2.45) is 0 Å². The highest BCUT2D eigenvalue weighted by atomic mass is 35.5. The van der Waals surface area contributed by atoms with Gasteiger partial charge in [0.25, 0.3) is 5.91 Å². The van der Waals surface area contributed by atoms with E-state index in [9.17, 15) is 13.2 Å². The third kappa shape index (κ3) is 5.85. The Bertz CT molecular complexity index is 1150. The minimum atomic E-state index is -3.91. The van der Waals surface area contributed by atoms with Gasteiger partial charge in [0.15, 0.2) is 0 Å². The number of sulfonamides is 1. The molecule has 0 heterocycles. The molecule has 6 nitrogen and oxygen atoms in total. The Hall–Kier alpha value is -2.87. The van der Waals surface area contributed by atoms with E-state index in [1.807, 2.05) is 49.4 Å². The van der Waals surface area contributed by atoms with Gasteiger partial charge in [-0.05, 0) is 48.4 Å². The fourth-order valence-electron chi connectivity index (χ4n) is 2.99. The third-order valence-corrected chi connectivity index (χ3v) is 6.42. The first kappa shape index (κ1) is 22.8. The number of hydrogen-bond donors (Lipinski definition) is 2. The number of benzene rings is 3. The van der Waals surface area contributed by atoms with Crippen molar-refractivity contribution in [2.45, 2.75) is 24.4 Å². The molecule has 0 aliphatic heterocycles. The predicted molar refractivity (Wildman–Crippen MR) is 121 cm³/mol. The molecule has 31 heavy (non-hydrogen) atoms. The van der Waals surface area contributed by atoms with Gasteiger partial charge in [-0.1, -0.05) is 54.1 Å². The highest BCUT2D eigenvalue weighted by Gasteiger charge is 2.22. The normalized spacial score (nSPS) is 12.2. The standard InChI is InChI=1S/C23H23ClN2O4S/c1-16(18-8-11-20(24)12-9-18)26-23(27)19-10-13-21(30-2)22(14-19)31(28,29)25-15-17-6-4-3-5-7-17/h3-14,16,25H,15H2,1-2H3,(H,26,27)/t16-/m0/s1. The molecular weight excluding hydrogens is 436 g/mol. The molecule has 0 aromatic heterocycles. The first-order valence-electron chi connectivity index (χ1n) is 9.58. The molecule has 8 heteroatoms. The summed E-state index contributed by atoms with van der Waals surface area (Å²) in [6.45, 7) is 1.96. The number of carbonyl (C=O) groups excluding carboxylic acids is 1. The summed E-state index contributed by atoms with van der Waals surface area (Å²) < 4.78 is 33.6. The number of methoxy groups -OCH3 is 1. The van der Waals surface area contributed by atoms with E-state index in [0.29, 0.717) is 5.02 Å². The lowest BCUT2D eigenvalue weighted by atomic mass is 10.1. The van der Waals surface area contributed by atoms with E-state index in [1.165, 1.54) is 25.3 Å². The number of ether oxygens (including phenoxy) is 1. The predicted octanol–water partition coefficient (Wildman–Crippen LogP) is 4.32. The second kappa shape index (κ2) is 9.96. The van der Waals surface area contributed by atoms with Crippen LogP contribution >= 0.6 is 11.6 Å². The van der Waals surface area contributed by atoms with Gasteiger partial charge in [-0.3, -0.25) is 4.79 Å². The van der Waals surface area contributed by atoms with Gasteiger partial charge in [0.2, 0.25) is 10.0 Å². The first-order valence-corrected chi connectivity index (χ1v) is 11.4. The Morgan fingerprint density at radius 1 is 1.03 bits per heavy atom. The minimum Gasteiger partial charge on any atom is -0.495 e. The minimum absolute atomic E-state index is 0.0993. The number of nitrogens with one attached hydrogen (secondary N) is 2. The highest BCUT2D eigenvalue weighted by Crippen LogP contribution is 2.26. The molecule has 0 bridgehead atoms. The van der Waals surface area contributed by atoms with Crippen LogP contribution in [0.25, 0.3) is 0 Å². The number of halogens is 1. The maximum atomic E-state index is 12.9. The molecule has 3 rings (SSSR count). The second-order valence-corrected chi connectivity index (χ2v) is 9.09. The van der Waals surface area contributed by atoms with Crippen molar-refractivity contribution in [3.8, 4) is 5.75 Å². The Morgan fingerprint density at radius 2 is 1.71 bits per heavy atom. The number of rotatable bonds is 8. The van der Waals surface area contributed by atoms with Crippen LogP contribution in [0.1, 0.15) is 34.5 Å². The van der Waals surface area contributed by atoms with Crippen molar-refractivity contribution in [1.29, 1.82) is 0 Å². The highest BCUT2D eigenvalue weighted by molar-refractivity contribution is 7.89. The van der Waals surface area contributed by atoms with E-state index in [2.05, 4.69) is 10.0 Å². The molecule has 0 spiro atoms. The zero-order chi connectivity index (χ0) is 22.4. The summed E-state index contributed by atoms with van der Waals surface area (Å²) in [4.78, 5) is 12.7. The molecular formula is C23H23ClN2O4S. The van der Waals surface area contributed by atoms with Gasteiger partial charge < -0.3 is 10.1 Å². The fourth-order valence-corrected chi connectivity index (χ4v) is 4.33. The van der Waals surface area contributed by atoms with Crippen molar-refractivity contribution < 1.29 is 17.9 Å². The molecule has 0 saturated carbocycles. The van der Waals surface area contributed by atoms with Crippen LogP contribution in [0.4, 0.5) is 0 Å². The maximum Gasteiger partial charge on any atom is 0.251 e. The second-order valence-electron chi connectivity index (χ2n) is 6.92. The van der Waals surface area contributed by atoms with Crippen LogP contribution in [0, 0.1) is 0 Å². The Balaban J connectivity index is 1.80. The average molecular weight is 459 g/mol. The summed E-state index contributed by atoms with van der Waals surface area (Å²) >= 11 is 5.91.